The third-order valence-corrected chi connectivity index (χ3v) is 5.59. The Bertz CT molecular complexity index is 1320. The molecule has 12 nitrogen and oxygen atoms in total. The lowest BCUT2D eigenvalue weighted by Crippen LogP contribution is -2.20. The molecule has 1 aliphatic heterocycles. The number of anilines is 1. The number of aromatic nitrogens is 5. The molecular weight excluding hydrogens is 448 g/mol. The summed E-state index contributed by atoms with van der Waals surface area (Å²) in [6.45, 7) is 0.178. The van der Waals surface area contributed by atoms with Crippen molar-refractivity contribution in [3.05, 3.63) is 65.5 Å². The van der Waals surface area contributed by atoms with E-state index < -0.39 is 5.91 Å². The second-order valence-electron chi connectivity index (χ2n) is 6.68. The first-order valence-electron chi connectivity index (χ1n) is 9.63. The van der Waals surface area contributed by atoms with Gasteiger partial charge in [-0.25, -0.2) is 10.1 Å². The normalized spacial score (nSPS) is 12.4. The molecule has 0 atom stereocenters. The van der Waals surface area contributed by atoms with Crippen molar-refractivity contribution in [3.8, 4) is 17.3 Å². The zero-order valence-corrected chi connectivity index (χ0v) is 17.7. The summed E-state index contributed by atoms with van der Waals surface area (Å²) < 4.78 is 16.6. The molecule has 2 aromatic carbocycles. The predicted octanol–water partition coefficient (Wildman–Crippen LogP) is 2.02. The molecule has 0 saturated carbocycles. The number of fused-ring (bicyclic) bond motifs is 1. The number of amides is 1. The maximum atomic E-state index is 12.8. The van der Waals surface area contributed by atoms with Crippen molar-refractivity contribution in [1.82, 2.24) is 30.7 Å². The van der Waals surface area contributed by atoms with Crippen molar-refractivity contribution >= 4 is 29.7 Å². The van der Waals surface area contributed by atoms with E-state index in [0.717, 1.165) is 10.5 Å². The van der Waals surface area contributed by atoms with Crippen molar-refractivity contribution in [2.75, 3.05) is 12.5 Å². The minimum absolute atomic E-state index is 0.0265. The average Bonchev–Trinajstić information content (AvgIpc) is 3.57. The quantitative estimate of drug-likeness (QED) is 0.236. The number of carbonyl (C=O) groups excluding carboxylic acids is 1. The van der Waals surface area contributed by atoms with E-state index >= 15 is 0 Å². The summed E-state index contributed by atoms with van der Waals surface area (Å²) in [6.07, 6.45) is 1.49. The monoisotopic (exact) mass is 464 g/mol. The molecule has 13 heteroatoms. The molecule has 3 N–H and O–H groups in total. The number of nitrogens with two attached hydrogens (primary N) is 1. The Kier molecular flexibility index (Phi) is 5.59. The average molecular weight is 464 g/mol. The first-order chi connectivity index (χ1) is 16.2. The molecule has 5 rings (SSSR count). The standard InChI is InChI=1S/C20H16N8O4S/c21-18-19(26-32-25-18)28-14(10-33-13-4-2-1-3-5-13)17(23-27-28)20(29)24-22-9-12-6-7-15-16(8-12)31-11-30-15/h1-9H,10-11H2,(H2,21,25)(H,24,29)/b22-9-. The molecule has 1 aliphatic rings. The number of carbonyl (C=O) groups is 1. The second kappa shape index (κ2) is 9.00. The number of nitrogen functional groups attached to an aromatic ring is 1. The number of hydrazone groups is 1. The largest absolute Gasteiger partial charge is 0.454 e. The van der Waals surface area contributed by atoms with Crippen LogP contribution in [0.4, 0.5) is 5.82 Å². The Morgan fingerprint density at radius 2 is 2.03 bits per heavy atom. The number of nitrogens with zero attached hydrogens (tertiary/aromatic N) is 6. The highest BCUT2D eigenvalue weighted by molar-refractivity contribution is 7.98. The van der Waals surface area contributed by atoms with Crippen LogP contribution < -0.4 is 20.6 Å². The molecule has 0 fully saturated rings. The van der Waals surface area contributed by atoms with E-state index in [0.29, 0.717) is 22.9 Å². The Morgan fingerprint density at radius 1 is 1.18 bits per heavy atom. The van der Waals surface area contributed by atoms with Crippen LogP contribution in [0.25, 0.3) is 5.82 Å². The van der Waals surface area contributed by atoms with Crippen LogP contribution in [0.1, 0.15) is 21.7 Å². The Morgan fingerprint density at radius 3 is 2.85 bits per heavy atom. The Labute approximate surface area is 190 Å². The minimum atomic E-state index is -0.545. The summed E-state index contributed by atoms with van der Waals surface area (Å²) in [4.78, 5) is 13.8. The SMILES string of the molecule is Nc1nonc1-n1nnc(C(=O)N/N=C\c2ccc3c(c2)OCO3)c1CSc1ccccc1. The second-order valence-corrected chi connectivity index (χ2v) is 7.73. The van der Waals surface area contributed by atoms with Crippen molar-refractivity contribution in [2.45, 2.75) is 10.6 Å². The van der Waals surface area contributed by atoms with E-state index in [1.807, 2.05) is 30.3 Å². The molecule has 1 amide bonds. The van der Waals surface area contributed by atoms with Crippen LogP contribution in [-0.2, 0) is 5.75 Å². The number of hydrogen-bond donors (Lipinski definition) is 2. The number of nitrogens with one attached hydrogen (secondary N) is 1. The number of hydrogen-bond acceptors (Lipinski definition) is 11. The van der Waals surface area contributed by atoms with Crippen LogP contribution >= 0.6 is 11.8 Å². The summed E-state index contributed by atoms with van der Waals surface area (Å²) in [5.41, 5.74) is 9.54. The Balaban J connectivity index is 1.36. The van der Waals surface area contributed by atoms with Gasteiger partial charge in [-0.05, 0) is 46.2 Å². The van der Waals surface area contributed by atoms with Gasteiger partial charge >= 0.3 is 0 Å². The molecule has 166 valence electrons. The summed E-state index contributed by atoms with van der Waals surface area (Å²) in [5, 5.41) is 19.4. The highest BCUT2D eigenvalue weighted by atomic mass is 32.2. The highest BCUT2D eigenvalue weighted by Gasteiger charge is 2.24. The van der Waals surface area contributed by atoms with Gasteiger partial charge in [-0.15, -0.1) is 16.9 Å². The third kappa shape index (κ3) is 4.34. The van der Waals surface area contributed by atoms with Crippen LogP contribution in [0.3, 0.4) is 0 Å². The number of thioether (sulfide) groups is 1. The molecular formula is C20H16N8O4S. The molecule has 33 heavy (non-hydrogen) atoms. The van der Waals surface area contributed by atoms with E-state index in [9.17, 15) is 4.79 Å². The first kappa shape index (κ1) is 20.5. The van der Waals surface area contributed by atoms with Crippen molar-refractivity contribution in [1.29, 1.82) is 0 Å². The van der Waals surface area contributed by atoms with Gasteiger partial charge in [-0.3, -0.25) is 4.79 Å². The highest BCUT2D eigenvalue weighted by Crippen LogP contribution is 2.32. The van der Waals surface area contributed by atoms with Gasteiger partial charge in [0, 0.05) is 10.6 Å². The molecule has 0 aliphatic carbocycles. The molecule has 4 aromatic rings. The fourth-order valence-corrected chi connectivity index (χ4v) is 3.91. The maximum absolute atomic E-state index is 12.8. The van der Waals surface area contributed by atoms with Gasteiger partial charge < -0.3 is 15.2 Å². The van der Waals surface area contributed by atoms with Gasteiger partial charge in [0.05, 0.1) is 11.9 Å². The summed E-state index contributed by atoms with van der Waals surface area (Å²) >= 11 is 1.49. The molecule has 0 spiro atoms. The predicted molar refractivity (Wildman–Crippen MR) is 117 cm³/mol. The van der Waals surface area contributed by atoms with E-state index in [4.69, 9.17) is 15.2 Å². The lowest BCUT2D eigenvalue weighted by Gasteiger charge is -2.05. The van der Waals surface area contributed by atoms with Crippen LogP contribution in [0.2, 0.25) is 0 Å². The lowest BCUT2D eigenvalue weighted by molar-refractivity contribution is 0.0949. The Hall–Kier alpha value is -4.39. The summed E-state index contributed by atoms with van der Waals surface area (Å²) in [6, 6.07) is 15.0. The number of rotatable bonds is 7. The summed E-state index contributed by atoms with van der Waals surface area (Å²) in [5.74, 6) is 1.27. The van der Waals surface area contributed by atoms with Gasteiger partial charge in [0.25, 0.3) is 5.91 Å². The zero-order valence-electron chi connectivity index (χ0n) is 16.9. The lowest BCUT2D eigenvalue weighted by atomic mass is 10.2. The van der Waals surface area contributed by atoms with Crippen LogP contribution in [0.15, 0.2) is 63.2 Å². The van der Waals surface area contributed by atoms with Crippen molar-refractivity contribution in [3.63, 3.8) is 0 Å². The van der Waals surface area contributed by atoms with Crippen LogP contribution in [0.5, 0.6) is 11.5 Å². The fourth-order valence-electron chi connectivity index (χ4n) is 3.00. The van der Waals surface area contributed by atoms with Crippen LogP contribution in [0, 0.1) is 0 Å². The zero-order chi connectivity index (χ0) is 22.6. The van der Waals surface area contributed by atoms with Gasteiger partial charge in [-0.2, -0.15) is 9.78 Å². The number of benzene rings is 2. The number of ether oxygens (including phenoxy) is 2. The van der Waals surface area contributed by atoms with Gasteiger partial charge in [0.2, 0.25) is 18.4 Å². The van der Waals surface area contributed by atoms with Crippen LogP contribution in [-0.4, -0.2) is 44.2 Å². The van der Waals surface area contributed by atoms with E-state index in [2.05, 4.69) is 35.8 Å². The molecule has 0 saturated heterocycles. The van der Waals surface area contributed by atoms with E-state index in [1.165, 1.54) is 22.7 Å². The van der Waals surface area contributed by atoms with Gasteiger partial charge in [0.1, 0.15) is 0 Å². The summed E-state index contributed by atoms with van der Waals surface area (Å²) in [7, 11) is 0. The molecule has 0 unspecified atom stereocenters. The van der Waals surface area contributed by atoms with Crippen molar-refractivity contribution in [2.24, 2.45) is 5.10 Å². The maximum Gasteiger partial charge on any atom is 0.293 e. The molecule has 0 bridgehead atoms. The molecule has 3 heterocycles. The smallest absolute Gasteiger partial charge is 0.293 e. The minimum Gasteiger partial charge on any atom is -0.454 e. The van der Waals surface area contributed by atoms with Gasteiger partial charge in [-0.1, -0.05) is 23.4 Å². The third-order valence-electron chi connectivity index (χ3n) is 4.57. The molecule has 0 radical (unpaired) electrons. The first-order valence-corrected chi connectivity index (χ1v) is 10.6. The van der Waals surface area contributed by atoms with Crippen molar-refractivity contribution < 1.29 is 18.9 Å². The fraction of sp³-hybridized carbons (Fsp3) is 0.100. The van der Waals surface area contributed by atoms with E-state index in [-0.39, 0.29) is 24.1 Å². The van der Waals surface area contributed by atoms with E-state index in [1.54, 1.807) is 18.2 Å². The topological polar surface area (TPSA) is 156 Å². The van der Waals surface area contributed by atoms with Gasteiger partial charge in [0.15, 0.2) is 17.2 Å². The molecule has 2 aromatic heterocycles.